The lowest BCUT2D eigenvalue weighted by atomic mass is 9.86. The van der Waals surface area contributed by atoms with Crippen LogP contribution in [-0.2, 0) is 0 Å². The Hall–Kier alpha value is -3.07. The topological polar surface area (TPSA) is 111 Å². The van der Waals surface area contributed by atoms with E-state index in [0.717, 1.165) is 12.8 Å². The maximum Gasteiger partial charge on any atom is 0.233 e. The standard InChI is InChI=1S/C20H23N7O2/c1-19-5-6-20(2,26-19)11-14(10-19)29-17-4-3-15(24-25-17)18-16(28)9-13(12-21-18)27-22-7-8-23-27/h3-4,7-9,12,14,26,28H,5-6,10-11H2,1-2H3/t14?,19-,20+. The molecule has 3 atom stereocenters. The molecular formula is C20H23N7O2. The normalized spacial score (nSPS) is 28.4. The highest BCUT2D eigenvalue weighted by Crippen LogP contribution is 2.43. The van der Waals surface area contributed by atoms with Gasteiger partial charge in [0.25, 0.3) is 0 Å². The van der Waals surface area contributed by atoms with Crippen molar-refractivity contribution in [3.05, 3.63) is 36.8 Å². The minimum Gasteiger partial charge on any atom is -0.506 e. The molecule has 2 aliphatic rings. The van der Waals surface area contributed by atoms with E-state index in [2.05, 4.69) is 44.5 Å². The summed E-state index contributed by atoms with van der Waals surface area (Å²) < 4.78 is 6.14. The van der Waals surface area contributed by atoms with Crippen LogP contribution in [0.1, 0.15) is 39.5 Å². The van der Waals surface area contributed by atoms with Crippen molar-refractivity contribution in [3.8, 4) is 28.7 Å². The van der Waals surface area contributed by atoms with Crippen LogP contribution in [0.25, 0.3) is 17.1 Å². The highest BCUT2D eigenvalue weighted by Gasteiger charge is 2.49. The first-order valence-electron chi connectivity index (χ1n) is 9.77. The van der Waals surface area contributed by atoms with Crippen molar-refractivity contribution in [1.82, 2.24) is 35.5 Å². The van der Waals surface area contributed by atoms with Gasteiger partial charge in [0.2, 0.25) is 5.88 Å². The lowest BCUT2D eigenvalue weighted by Crippen LogP contribution is -2.56. The second-order valence-electron chi connectivity index (χ2n) is 8.53. The van der Waals surface area contributed by atoms with Crippen LogP contribution in [-0.4, -0.2) is 52.5 Å². The van der Waals surface area contributed by atoms with Crippen LogP contribution in [0.2, 0.25) is 0 Å². The Balaban J connectivity index is 1.32. The van der Waals surface area contributed by atoms with Gasteiger partial charge >= 0.3 is 0 Å². The van der Waals surface area contributed by atoms with Gasteiger partial charge in [0.15, 0.2) is 0 Å². The van der Waals surface area contributed by atoms with Crippen molar-refractivity contribution in [1.29, 1.82) is 0 Å². The molecule has 1 unspecified atom stereocenters. The minimum atomic E-state index is -0.0152. The van der Waals surface area contributed by atoms with Crippen LogP contribution in [0.15, 0.2) is 36.8 Å². The summed E-state index contributed by atoms with van der Waals surface area (Å²) in [7, 11) is 0. The lowest BCUT2D eigenvalue weighted by molar-refractivity contribution is 0.0754. The molecule has 3 aromatic heterocycles. The molecule has 0 radical (unpaired) electrons. The Morgan fingerprint density at radius 2 is 1.83 bits per heavy atom. The van der Waals surface area contributed by atoms with Crippen molar-refractivity contribution in [2.75, 3.05) is 0 Å². The zero-order valence-corrected chi connectivity index (χ0v) is 16.4. The number of hydrogen-bond donors (Lipinski definition) is 2. The molecule has 2 aliphatic heterocycles. The fourth-order valence-corrected chi connectivity index (χ4v) is 4.65. The summed E-state index contributed by atoms with van der Waals surface area (Å²) in [4.78, 5) is 5.67. The number of piperidine rings is 1. The number of fused-ring (bicyclic) bond motifs is 2. The van der Waals surface area contributed by atoms with Gasteiger partial charge < -0.3 is 15.2 Å². The summed E-state index contributed by atoms with van der Waals surface area (Å²) in [5.74, 6) is 0.475. The third-order valence-corrected chi connectivity index (χ3v) is 5.86. The maximum atomic E-state index is 10.4. The molecule has 2 N–H and O–H groups in total. The molecule has 29 heavy (non-hydrogen) atoms. The number of ether oxygens (including phenoxy) is 1. The third-order valence-electron chi connectivity index (χ3n) is 5.86. The molecule has 3 aromatic rings. The second-order valence-corrected chi connectivity index (χ2v) is 8.53. The predicted molar refractivity (Wildman–Crippen MR) is 105 cm³/mol. The summed E-state index contributed by atoms with van der Waals surface area (Å²) >= 11 is 0. The molecule has 2 fully saturated rings. The molecule has 0 aliphatic carbocycles. The summed E-state index contributed by atoms with van der Waals surface area (Å²) in [6.07, 6.45) is 9.06. The van der Waals surface area contributed by atoms with E-state index in [1.165, 1.54) is 17.6 Å². The Morgan fingerprint density at radius 3 is 2.45 bits per heavy atom. The fraction of sp³-hybridized carbons (Fsp3) is 0.450. The molecule has 9 heteroatoms. The fourth-order valence-electron chi connectivity index (χ4n) is 4.65. The Kier molecular flexibility index (Phi) is 4.02. The average molecular weight is 393 g/mol. The van der Waals surface area contributed by atoms with Crippen molar-refractivity contribution in [3.63, 3.8) is 0 Å². The van der Waals surface area contributed by atoms with Crippen LogP contribution >= 0.6 is 0 Å². The van der Waals surface area contributed by atoms with Gasteiger partial charge in [-0.1, -0.05) is 0 Å². The third kappa shape index (κ3) is 3.42. The molecule has 5 rings (SSSR count). The molecule has 2 bridgehead atoms. The largest absolute Gasteiger partial charge is 0.506 e. The quantitative estimate of drug-likeness (QED) is 0.694. The van der Waals surface area contributed by atoms with E-state index in [4.69, 9.17) is 4.74 Å². The molecule has 2 saturated heterocycles. The minimum absolute atomic E-state index is 0.0152. The number of nitrogens with one attached hydrogen (secondary N) is 1. The summed E-state index contributed by atoms with van der Waals surface area (Å²) in [6.45, 7) is 4.53. The highest BCUT2D eigenvalue weighted by atomic mass is 16.5. The number of pyridine rings is 1. The monoisotopic (exact) mass is 393 g/mol. The molecule has 9 nitrogen and oxygen atoms in total. The van der Waals surface area contributed by atoms with E-state index < -0.39 is 0 Å². The van der Waals surface area contributed by atoms with Gasteiger partial charge in [-0.25, -0.2) is 4.98 Å². The van der Waals surface area contributed by atoms with E-state index in [9.17, 15) is 5.11 Å². The van der Waals surface area contributed by atoms with Crippen molar-refractivity contribution >= 4 is 0 Å². The van der Waals surface area contributed by atoms with E-state index in [1.54, 1.807) is 36.8 Å². The molecule has 5 heterocycles. The predicted octanol–water partition coefficient (Wildman–Crippen LogP) is 2.27. The highest BCUT2D eigenvalue weighted by molar-refractivity contribution is 5.63. The SMILES string of the molecule is C[C@]12CC[C@](C)(CC(Oc3ccc(-c4ncc(-n5nccn5)cc4O)nn3)C1)N2. The molecule has 0 saturated carbocycles. The Morgan fingerprint density at radius 1 is 1.10 bits per heavy atom. The summed E-state index contributed by atoms with van der Waals surface area (Å²) in [6, 6.07) is 5.08. The Bertz CT molecular complexity index is 1010. The van der Waals surface area contributed by atoms with Crippen LogP contribution in [0.4, 0.5) is 0 Å². The average Bonchev–Trinajstić information content (AvgIpc) is 3.28. The first kappa shape index (κ1) is 18.0. The van der Waals surface area contributed by atoms with E-state index in [-0.39, 0.29) is 22.9 Å². The number of aromatic nitrogens is 6. The van der Waals surface area contributed by atoms with Gasteiger partial charge in [-0.2, -0.15) is 10.2 Å². The molecule has 0 aromatic carbocycles. The number of hydrogen-bond acceptors (Lipinski definition) is 8. The van der Waals surface area contributed by atoms with Crippen molar-refractivity contribution in [2.24, 2.45) is 0 Å². The number of nitrogens with zero attached hydrogens (tertiary/aromatic N) is 6. The zero-order valence-electron chi connectivity index (χ0n) is 16.4. The second kappa shape index (κ2) is 6.48. The van der Waals surface area contributed by atoms with Crippen LogP contribution < -0.4 is 10.1 Å². The van der Waals surface area contributed by atoms with E-state index in [1.807, 2.05) is 0 Å². The van der Waals surface area contributed by atoms with Gasteiger partial charge in [0.1, 0.15) is 28.9 Å². The van der Waals surface area contributed by atoms with Gasteiger partial charge in [0, 0.05) is 36.1 Å². The first-order valence-corrected chi connectivity index (χ1v) is 9.77. The molecule has 0 spiro atoms. The summed E-state index contributed by atoms with van der Waals surface area (Å²) in [5, 5.41) is 30.6. The molecular weight excluding hydrogens is 370 g/mol. The van der Waals surface area contributed by atoms with Crippen molar-refractivity contribution in [2.45, 2.75) is 56.7 Å². The smallest absolute Gasteiger partial charge is 0.233 e. The first-order chi connectivity index (χ1) is 13.9. The van der Waals surface area contributed by atoms with Crippen LogP contribution in [0.5, 0.6) is 11.6 Å². The number of aromatic hydroxyl groups is 1. The van der Waals surface area contributed by atoms with Crippen LogP contribution in [0.3, 0.4) is 0 Å². The lowest BCUT2D eigenvalue weighted by Gasteiger charge is -2.41. The molecule has 150 valence electrons. The zero-order chi connectivity index (χ0) is 20.1. The summed E-state index contributed by atoms with van der Waals surface area (Å²) in [5.41, 5.74) is 1.64. The molecule has 0 amide bonds. The van der Waals surface area contributed by atoms with Crippen molar-refractivity contribution < 1.29 is 9.84 Å². The van der Waals surface area contributed by atoms with Gasteiger partial charge in [-0.15, -0.1) is 15.0 Å². The van der Waals surface area contributed by atoms with Gasteiger partial charge in [0.05, 0.1) is 18.6 Å². The Labute approximate surface area is 168 Å². The van der Waals surface area contributed by atoms with Gasteiger partial charge in [-0.3, -0.25) is 0 Å². The van der Waals surface area contributed by atoms with E-state index >= 15 is 0 Å². The van der Waals surface area contributed by atoms with Crippen LogP contribution in [0, 0.1) is 0 Å². The maximum absolute atomic E-state index is 10.4. The van der Waals surface area contributed by atoms with E-state index in [0.29, 0.717) is 23.0 Å². The van der Waals surface area contributed by atoms with Gasteiger partial charge in [-0.05, 0) is 32.8 Å². The number of rotatable bonds is 4.